The molecule has 0 aliphatic carbocycles. The standard InChI is InChI=1S/C8H9F3O/c1-7(2,3)6(12)4-5-8(9,10)11/h1-3H3. The lowest BCUT2D eigenvalue weighted by atomic mass is 9.91. The van der Waals surface area contributed by atoms with Crippen molar-refractivity contribution in [3.05, 3.63) is 0 Å². The van der Waals surface area contributed by atoms with Crippen LogP contribution < -0.4 is 0 Å². The Balaban J connectivity index is 4.46. The van der Waals surface area contributed by atoms with Crippen LogP contribution >= 0.6 is 0 Å². The van der Waals surface area contributed by atoms with Gasteiger partial charge in [0, 0.05) is 11.3 Å². The molecule has 0 saturated heterocycles. The SMILES string of the molecule is CC(C)(C)C(=O)C#CC(F)(F)F. The molecule has 0 aromatic carbocycles. The van der Waals surface area contributed by atoms with Gasteiger partial charge in [0.15, 0.2) is 0 Å². The lowest BCUT2D eigenvalue weighted by molar-refractivity contribution is -0.120. The van der Waals surface area contributed by atoms with Crippen LogP contribution in [-0.2, 0) is 4.79 Å². The predicted octanol–water partition coefficient (Wildman–Crippen LogP) is 2.17. The molecule has 0 radical (unpaired) electrons. The van der Waals surface area contributed by atoms with Crippen molar-refractivity contribution in [2.45, 2.75) is 26.9 Å². The van der Waals surface area contributed by atoms with Gasteiger partial charge in [-0.25, -0.2) is 0 Å². The molecule has 0 fully saturated rings. The summed E-state index contributed by atoms with van der Waals surface area (Å²) in [6.45, 7) is 4.54. The Morgan fingerprint density at radius 2 is 1.58 bits per heavy atom. The van der Waals surface area contributed by atoms with Gasteiger partial charge in [-0.15, -0.1) is 0 Å². The van der Waals surface area contributed by atoms with Gasteiger partial charge in [-0.1, -0.05) is 20.8 Å². The topological polar surface area (TPSA) is 17.1 Å². The van der Waals surface area contributed by atoms with Gasteiger partial charge in [-0.3, -0.25) is 4.79 Å². The monoisotopic (exact) mass is 178 g/mol. The minimum absolute atomic E-state index is 0.708. The van der Waals surface area contributed by atoms with Crippen molar-refractivity contribution < 1.29 is 18.0 Å². The van der Waals surface area contributed by atoms with Crippen molar-refractivity contribution in [2.24, 2.45) is 5.41 Å². The summed E-state index contributed by atoms with van der Waals surface area (Å²) in [5, 5.41) is 0. The third-order valence-electron chi connectivity index (χ3n) is 0.999. The molecule has 0 N–H and O–H groups in total. The maximum Gasteiger partial charge on any atom is 0.458 e. The van der Waals surface area contributed by atoms with Crippen LogP contribution in [0.3, 0.4) is 0 Å². The minimum atomic E-state index is -4.58. The lowest BCUT2D eigenvalue weighted by Crippen LogP contribution is -2.18. The summed E-state index contributed by atoms with van der Waals surface area (Å²) in [5.41, 5.74) is -0.835. The number of carbonyl (C=O) groups is 1. The zero-order valence-electron chi connectivity index (χ0n) is 7.04. The highest BCUT2D eigenvalue weighted by Crippen LogP contribution is 2.15. The molecule has 0 aliphatic heterocycles. The minimum Gasteiger partial charge on any atom is -0.284 e. The fraction of sp³-hybridized carbons (Fsp3) is 0.625. The van der Waals surface area contributed by atoms with Crippen molar-refractivity contribution in [3.8, 4) is 11.8 Å². The normalized spacial score (nSPS) is 11.8. The van der Waals surface area contributed by atoms with Gasteiger partial charge in [0.1, 0.15) is 0 Å². The highest BCUT2D eigenvalue weighted by molar-refractivity contribution is 5.99. The van der Waals surface area contributed by atoms with Crippen LogP contribution in [0.5, 0.6) is 0 Å². The van der Waals surface area contributed by atoms with Crippen LogP contribution in [0, 0.1) is 17.3 Å². The maximum absolute atomic E-state index is 11.5. The summed E-state index contributed by atoms with van der Waals surface area (Å²) in [4.78, 5) is 10.8. The first-order valence-corrected chi connectivity index (χ1v) is 3.27. The third kappa shape index (κ3) is 4.78. The van der Waals surface area contributed by atoms with Crippen molar-refractivity contribution in [2.75, 3.05) is 0 Å². The van der Waals surface area contributed by atoms with Gasteiger partial charge in [-0.05, 0) is 5.92 Å². The molecule has 0 bridgehead atoms. The van der Waals surface area contributed by atoms with Gasteiger partial charge in [0.2, 0.25) is 5.78 Å². The molecular weight excluding hydrogens is 169 g/mol. The van der Waals surface area contributed by atoms with Crippen molar-refractivity contribution in [1.29, 1.82) is 0 Å². The molecule has 0 amide bonds. The first kappa shape index (κ1) is 11.0. The molecule has 0 spiro atoms. The Morgan fingerprint density at radius 1 is 1.17 bits per heavy atom. The van der Waals surface area contributed by atoms with E-state index in [-0.39, 0.29) is 0 Å². The summed E-state index contributed by atoms with van der Waals surface area (Å²) in [6.07, 6.45) is -4.58. The number of alkyl halides is 3. The second-order valence-corrected chi connectivity index (χ2v) is 3.33. The van der Waals surface area contributed by atoms with Crippen LogP contribution in [0.15, 0.2) is 0 Å². The van der Waals surface area contributed by atoms with E-state index in [0.717, 1.165) is 5.92 Å². The predicted molar refractivity (Wildman–Crippen MR) is 38.3 cm³/mol. The van der Waals surface area contributed by atoms with Crippen LogP contribution in [0.2, 0.25) is 0 Å². The summed E-state index contributed by atoms with van der Waals surface area (Å²) in [6, 6.07) is 0. The van der Waals surface area contributed by atoms with Gasteiger partial charge < -0.3 is 0 Å². The van der Waals surface area contributed by atoms with E-state index >= 15 is 0 Å². The van der Waals surface area contributed by atoms with Crippen LogP contribution in [0.4, 0.5) is 13.2 Å². The molecule has 12 heavy (non-hydrogen) atoms. The van der Waals surface area contributed by atoms with Crippen molar-refractivity contribution >= 4 is 5.78 Å². The third-order valence-corrected chi connectivity index (χ3v) is 0.999. The maximum atomic E-state index is 11.5. The molecule has 0 aromatic heterocycles. The zero-order valence-corrected chi connectivity index (χ0v) is 7.04. The Labute approximate surface area is 69.0 Å². The van der Waals surface area contributed by atoms with Crippen molar-refractivity contribution in [3.63, 3.8) is 0 Å². The Morgan fingerprint density at radius 3 is 1.83 bits per heavy atom. The first-order chi connectivity index (χ1) is 5.13. The summed E-state index contributed by atoms with van der Waals surface area (Å²) in [7, 11) is 0. The van der Waals surface area contributed by atoms with Crippen LogP contribution in [0.25, 0.3) is 0 Å². The lowest BCUT2D eigenvalue weighted by Gasteiger charge is -2.10. The second kappa shape index (κ2) is 3.18. The Hall–Kier alpha value is -0.980. The highest BCUT2D eigenvalue weighted by Gasteiger charge is 2.25. The van der Waals surface area contributed by atoms with E-state index < -0.39 is 17.4 Å². The van der Waals surface area contributed by atoms with E-state index in [1.54, 1.807) is 5.92 Å². The van der Waals surface area contributed by atoms with E-state index in [9.17, 15) is 18.0 Å². The van der Waals surface area contributed by atoms with E-state index in [0.29, 0.717) is 0 Å². The second-order valence-electron chi connectivity index (χ2n) is 3.33. The molecule has 0 unspecified atom stereocenters. The molecule has 1 nitrogen and oxygen atoms in total. The van der Waals surface area contributed by atoms with Crippen molar-refractivity contribution in [1.82, 2.24) is 0 Å². The van der Waals surface area contributed by atoms with Crippen LogP contribution in [-0.4, -0.2) is 12.0 Å². The number of Topliss-reactive ketones (excluding diaryl/α,β-unsaturated/α-hetero) is 1. The number of rotatable bonds is 0. The number of ketones is 1. The van der Waals surface area contributed by atoms with Gasteiger partial charge in [0.25, 0.3) is 0 Å². The number of carbonyl (C=O) groups excluding carboxylic acids is 1. The zero-order chi connectivity index (χ0) is 9.99. The van der Waals surface area contributed by atoms with E-state index in [2.05, 4.69) is 0 Å². The Bertz CT molecular complexity index is 234. The van der Waals surface area contributed by atoms with E-state index in [4.69, 9.17) is 0 Å². The average Bonchev–Trinajstić information content (AvgIpc) is 1.78. The Kier molecular flexibility index (Phi) is 2.92. The molecule has 0 aliphatic rings. The number of hydrogen-bond donors (Lipinski definition) is 0. The molecule has 0 saturated carbocycles. The molecule has 0 aromatic rings. The molecular formula is C8H9F3O. The number of hydrogen-bond acceptors (Lipinski definition) is 1. The molecule has 0 rings (SSSR count). The largest absolute Gasteiger partial charge is 0.458 e. The van der Waals surface area contributed by atoms with Crippen LogP contribution in [0.1, 0.15) is 20.8 Å². The fourth-order valence-electron chi connectivity index (χ4n) is 0.315. The highest BCUT2D eigenvalue weighted by atomic mass is 19.4. The fourth-order valence-corrected chi connectivity index (χ4v) is 0.315. The average molecular weight is 178 g/mol. The van der Waals surface area contributed by atoms with Gasteiger partial charge >= 0.3 is 6.18 Å². The van der Waals surface area contributed by atoms with Gasteiger partial charge in [0.05, 0.1) is 0 Å². The quantitative estimate of drug-likeness (QED) is 0.410. The molecule has 68 valence electrons. The summed E-state index contributed by atoms with van der Waals surface area (Å²) in [5.74, 6) is 1.77. The smallest absolute Gasteiger partial charge is 0.284 e. The van der Waals surface area contributed by atoms with E-state index in [1.807, 2.05) is 0 Å². The number of halogens is 3. The van der Waals surface area contributed by atoms with E-state index in [1.165, 1.54) is 20.8 Å². The summed E-state index contributed by atoms with van der Waals surface area (Å²) < 4.78 is 34.4. The molecule has 4 heteroatoms. The van der Waals surface area contributed by atoms with Gasteiger partial charge in [-0.2, -0.15) is 13.2 Å². The first-order valence-electron chi connectivity index (χ1n) is 3.27. The summed E-state index contributed by atoms with van der Waals surface area (Å²) >= 11 is 0. The molecule has 0 atom stereocenters. The molecule has 0 heterocycles.